The molecule has 0 radical (unpaired) electrons. The van der Waals surface area contributed by atoms with E-state index in [0.29, 0.717) is 31.1 Å². The van der Waals surface area contributed by atoms with E-state index in [-0.39, 0.29) is 11.6 Å². The third kappa shape index (κ3) is 6.43. The molecule has 7 nitrogen and oxygen atoms in total. The Balaban J connectivity index is 1.49. The molecule has 33 heavy (non-hydrogen) atoms. The molecule has 2 aromatic rings. The van der Waals surface area contributed by atoms with Crippen molar-refractivity contribution in [1.82, 2.24) is 19.2 Å². The van der Waals surface area contributed by atoms with Gasteiger partial charge in [0.1, 0.15) is 5.69 Å². The van der Waals surface area contributed by atoms with Crippen LogP contribution in [0.2, 0.25) is 0 Å². The molecular weight excluding hydrogens is 436 g/mol. The molecule has 8 heteroatoms. The minimum atomic E-state index is -3.23. The molecule has 182 valence electrons. The first-order valence-corrected chi connectivity index (χ1v) is 14.5. The lowest BCUT2D eigenvalue weighted by molar-refractivity contribution is 0.116. The summed E-state index contributed by atoms with van der Waals surface area (Å²) in [4.78, 5) is 20.8. The predicted octanol–water partition coefficient (Wildman–Crippen LogP) is 3.63. The number of aryl methyl sites for hydroxylation is 1. The summed E-state index contributed by atoms with van der Waals surface area (Å²) in [7, 11) is -3.23. The smallest absolute Gasteiger partial charge is 0.272 e. The molecular formula is C25H38N4O3S. The van der Waals surface area contributed by atoms with Crippen LogP contribution in [0, 0.1) is 0 Å². The molecule has 1 aromatic heterocycles. The van der Waals surface area contributed by atoms with Crippen LogP contribution < -0.4 is 10.3 Å². The van der Waals surface area contributed by atoms with Gasteiger partial charge in [-0.2, -0.15) is 0 Å². The zero-order valence-electron chi connectivity index (χ0n) is 19.8. The lowest BCUT2D eigenvalue weighted by Crippen LogP contribution is -2.43. The Labute approximate surface area is 197 Å². The molecule has 1 aliphatic heterocycles. The van der Waals surface area contributed by atoms with Gasteiger partial charge in [-0.3, -0.25) is 4.79 Å². The van der Waals surface area contributed by atoms with Crippen LogP contribution in [0.1, 0.15) is 75.9 Å². The van der Waals surface area contributed by atoms with Crippen molar-refractivity contribution in [3.05, 3.63) is 40.3 Å². The van der Waals surface area contributed by atoms with E-state index in [1.54, 1.807) is 0 Å². The second kappa shape index (κ2) is 11.1. The highest BCUT2D eigenvalue weighted by molar-refractivity contribution is 7.88. The molecule has 2 fully saturated rings. The van der Waals surface area contributed by atoms with Gasteiger partial charge in [-0.1, -0.05) is 44.2 Å². The minimum Gasteiger partial charge on any atom is -0.302 e. The standard InChI is InChI=1S/C25H38N4O3S/c1-33(31,32)26-17-9-13-23-25(30)29(24-14-8-7-12-22(24)27-23)21-15-18-28(19-16-21)20-10-5-3-2-4-6-11-20/h7-8,12,14,20-21,26H,2-6,9-11,13,15-19H2,1H3. The van der Waals surface area contributed by atoms with Gasteiger partial charge in [0, 0.05) is 31.7 Å². The van der Waals surface area contributed by atoms with E-state index in [9.17, 15) is 13.2 Å². The summed E-state index contributed by atoms with van der Waals surface area (Å²) < 4.78 is 27.1. The van der Waals surface area contributed by atoms with Crippen molar-refractivity contribution in [1.29, 1.82) is 0 Å². The topological polar surface area (TPSA) is 84.3 Å². The molecule has 1 saturated heterocycles. The van der Waals surface area contributed by atoms with Gasteiger partial charge >= 0.3 is 0 Å². The minimum absolute atomic E-state index is 0.0162. The molecule has 0 bridgehead atoms. The van der Waals surface area contributed by atoms with Crippen molar-refractivity contribution in [2.75, 3.05) is 25.9 Å². The number of nitrogens with one attached hydrogen (secondary N) is 1. The van der Waals surface area contributed by atoms with Crippen LogP contribution in [0.15, 0.2) is 29.1 Å². The first-order chi connectivity index (χ1) is 15.9. The number of hydrogen-bond acceptors (Lipinski definition) is 5. The third-order valence-electron chi connectivity index (χ3n) is 7.27. The zero-order valence-corrected chi connectivity index (χ0v) is 20.7. The SMILES string of the molecule is CS(=O)(=O)NCCCc1nc2ccccc2n(C2CCN(C3CCCCCCC3)CC2)c1=O. The Morgan fingerprint density at radius 3 is 2.33 bits per heavy atom. The van der Waals surface area contributed by atoms with E-state index in [1.165, 1.54) is 44.9 Å². The van der Waals surface area contributed by atoms with Crippen molar-refractivity contribution in [3.63, 3.8) is 0 Å². The number of nitrogens with zero attached hydrogens (tertiary/aromatic N) is 3. The molecule has 1 N–H and O–H groups in total. The van der Waals surface area contributed by atoms with E-state index in [4.69, 9.17) is 0 Å². The van der Waals surface area contributed by atoms with Crippen LogP contribution in [-0.4, -0.2) is 54.8 Å². The van der Waals surface area contributed by atoms with Gasteiger partial charge in [-0.05, 0) is 50.7 Å². The number of sulfonamides is 1. The van der Waals surface area contributed by atoms with E-state index < -0.39 is 10.0 Å². The highest BCUT2D eigenvalue weighted by atomic mass is 32.2. The van der Waals surface area contributed by atoms with Gasteiger partial charge in [-0.15, -0.1) is 0 Å². The number of benzene rings is 1. The molecule has 1 saturated carbocycles. The Morgan fingerprint density at radius 2 is 1.64 bits per heavy atom. The molecule has 0 unspecified atom stereocenters. The summed E-state index contributed by atoms with van der Waals surface area (Å²) >= 11 is 0. The molecule has 1 aromatic carbocycles. The average Bonchev–Trinajstić information content (AvgIpc) is 2.76. The molecule has 2 aliphatic rings. The van der Waals surface area contributed by atoms with Crippen molar-refractivity contribution < 1.29 is 8.42 Å². The van der Waals surface area contributed by atoms with Gasteiger partial charge in [-0.25, -0.2) is 18.1 Å². The summed E-state index contributed by atoms with van der Waals surface area (Å²) in [6.45, 7) is 2.41. The Bertz CT molecular complexity index is 1080. The maximum absolute atomic E-state index is 13.5. The molecule has 4 rings (SSSR count). The first-order valence-electron chi connectivity index (χ1n) is 12.6. The number of para-hydroxylation sites is 2. The maximum Gasteiger partial charge on any atom is 0.272 e. The van der Waals surface area contributed by atoms with Gasteiger partial charge < -0.3 is 9.47 Å². The Morgan fingerprint density at radius 1 is 0.970 bits per heavy atom. The number of piperidine rings is 1. The number of aromatic nitrogens is 2. The molecule has 0 amide bonds. The lowest BCUT2D eigenvalue weighted by atomic mass is 9.93. The van der Waals surface area contributed by atoms with Gasteiger partial charge in [0.2, 0.25) is 10.0 Å². The highest BCUT2D eigenvalue weighted by Gasteiger charge is 2.28. The number of rotatable bonds is 7. The lowest BCUT2D eigenvalue weighted by Gasteiger charge is -2.39. The molecule has 0 spiro atoms. The van der Waals surface area contributed by atoms with Crippen molar-refractivity contribution in [2.24, 2.45) is 0 Å². The van der Waals surface area contributed by atoms with E-state index in [2.05, 4.69) is 14.6 Å². The Hall–Kier alpha value is -1.77. The van der Waals surface area contributed by atoms with E-state index >= 15 is 0 Å². The van der Waals surface area contributed by atoms with Crippen LogP contribution in [0.5, 0.6) is 0 Å². The maximum atomic E-state index is 13.5. The molecule has 2 heterocycles. The number of hydrogen-bond donors (Lipinski definition) is 1. The van der Waals surface area contributed by atoms with Crippen LogP contribution in [0.3, 0.4) is 0 Å². The summed E-state index contributed by atoms with van der Waals surface area (Å²) in [5.74, 6) is 0. The van der Waals surface area contributed by atoms with E-state index in [1.807, 2.05) is 28.8 Å². The van der Waals surface area contributed by atoms with Crippen molar-refractivity contribution in [2.45, 2.75) is 82.7 Å². The average molecular weight is 475 g/mol. The quantitative estimate of drug-likeness (QED) is 0.620. The number of fused-ring (bicyclic) bond motifs is 1. The summed E-state index contributed by atoms with van der Waals surface area (Å²) in [5.41, 5.74) is 2.26. The highest BCUT2D eigenvalue weighted by Crippen LogP contribution is 2.29. The second-order valence-corrected chi connectivity index (χ2v) is 11.6. The second-order valence-electron chi connectivity index (χ2n) is 9.76. The Kier molecular flexibility index (Phi) is 8.20. The summed E-state index contributed by atoms with van der Waals surface area (Å²) in [6.07, 6.45) is 13.6. The predicted molar refractivity (Wildman–Crippen MR) is 133 cm³/mol. The fourth-order valence-electron chi connectivity index (χ4n) is 5.55. The largest absolute Gasteiger partial charge is 0.302 e. The van der Waals surface area contributed by atoms with Gasteiger partial charge in [0.05, 0.1) is 17.3 Å². The fraction of sp³-hybridized carbons (Fsp3) is 0.680. The van der Waals surface area contributed by atoms with Crippen molar-refractivity contribution >= 4 is 21.1 Å². The van der Waals surface area contributed by atoms with Gasteiger partial charge in [0.15, 0.2) is 0 Å². The first kappa shape index (κ1) is 24.4. The molecule has 0 atom stereocenters. The molecule has 1 aliphatic carbocycles. The monoisotopic (exact) mass is 474 g/mol. The summed E-state index contributed by atoms with van der Waals surface area (Å²) in [6, 6.07) is 8.78. The normalized spacial score (nSPS) is 20.0. The van der Waals surface area contributed by atoms with Crippen LogP contribution in [-0.2, 0) is 16.4 Å². The fourth-order valence-corrected chi connectivity index (χ4v) is 6.07. The van der Waals surface area contributed by atoms with Crippen LogP contribution >= 0.6 is 0 Å². The number of likely N-dealkylation sites (tertiary alicyclic amines) is 1. The summed E-state index contributed by atoms with van der Waals surface area (Å²) in [5, 5.41) is 0. The third-order valence-corrected chi connectivity index (χ3v) is 8.00. The van der Waals surface area contributed by atoms with Gasteiger partial charge in [0.25, 0.3) is 5.56 Å². The van der Waals surface area contributed by atoms with Crippen molar-refractivity contribution in [3.8, 4) is 0 Å². The van der Waals surface area contributed by atoms with E-state index in [0.717, 1.165) is 43.2 Å². The van der Waals surface area contributed by atoms with Crippen LogP contribution in [0.4, 0.5) is 0 Å². The zero-order chi connectivity index (χ0) is 23.3. The van der Waals surface area contributed by atoms with Crippen LogP contribution in [0.25, 0.3) is 11.0 Å².